The van der Waals surface area contributed by atoms with E-state index in [1.54, 1.807) is 10.8 Å². The van der Waals surface area contributed by atoms with Crippen LogP contribution in [0.1, 0.15) is 38.5 Å². The number of nitrogens with two attached hydrogens (primary N) is 5. The van der Waals surface area contributed by atoms with Crippen molar-refractivity contribution in [3.63, 3.8) is 0 Å². The van der Waals surface area contributed by atoms with E-state index in [9.17, 15) is 9.59 Å². The topological polar surface area (TPSA) is 265 Å². The molecule has 0 bridgehead atoms. The molecule has 0 aromatic carbocycles. The van der Waals surface area contributed by atoms with Crippen LogP contribution in [-0.2, 0) is 9.59 Å². The van der Waals surface area contributed by atoms with Crippen LogP contribution in [0.4, 0.5) is 0 Å². The van der Waals surface area contributed by atoms with E-state index in [0.29, 0.717) is 38.0 Å². The van der Waals surface area contributed by atoms with Gasteiger partial charge in [-0.05, 0) is 49.6 Å². The molecule has 32 heavy (non-hydrogen) atoms. The lowest BCUT2D eigenvalue weighted by molar-refractivity contribution is -0.146. The molecular weight excluding hydrogens is 456 g/mol. The first kappa shape index (κ1) is 30.3. The average Bonchev–Trinajstić information content (AvgIpc) is 2.75. The summed E-state index contributed by atoms with van der Waals surface area (Å²) < 4.78 is 0. The lowest BCUT2D eigenvalue weighted by Gasteiger charge is -2.26. The Labute approximate surface area is 195 Å². The van der Waals surface area contributed by atoms with Crippen molar-refractivity contribution in [1.29, 1.82) is 0 Å². The Hall–Kier alpha value is -1.74. The van der Waals surface area contributed by atoms with Crippen LogP contribution in [-0.4, -0.2) is 65.7 Å². The number of carbonyl (C=O) groups excluding carboxylic acids is 2. The Morgan fingerprint density at radius 2 is 1.25 bits per heavy atom. The highest BCUT2D eigenvalue weighted by atomic mass is 33.1. The molecule has 0 aromatic heterocycles. The summed E-state index contributed by atoms with van der Waals surface area (Å²) in [6, 6.07) is -1.83. The molecule has 10 N–H and O–H groups in total. The predicted octanol–water partition coefficient (Wildman–Crippen LogP) is 0.867. The highest BCUT2D eigenvalue weighted by Gasteiger charge is 2.29. The van der Waals surface area contributed by atoms with Gasteiger partial charge < -0.3 is 28.7 Å². The van der Waals surface area contributed by atoms with Crippen LogP contribution in [0.2, 0.25) is 0 Å². The van der Waals surface area contributed by atoms with Crippen LogP contribution < -0.4 is 28.7 Å². The molecule has 14 nitrogen and oxygen atoms in total. The Morgan fingerprint density at radius 3 is 1.66 bits per heavy atom. The van der Waals surface area contributed by atoms with E-state index in [2.05, 4.69) is 20.1 Å². The van der Waals surface area contributed by atoms with Gasteiger partial charge in [-0.15, -0.1) is 0 Å². The van der Waals surface area contributed by atoms with E-state index in [0.717, 1.165) is 10.7 Å². The number of amides is 2. The summed E-state index contributed by atoms with van der Waals surface area (Å²) in [4.78, 5) is 32.1. The second-order valence-electron chi connectivity index (χ2n) is 6.88. The molecule has 0 aliphatic carbocycles. The molecule has 0 aliphatic heterocycles. The van der Waals surface area contributed by atoms with Gasteiger partial charge in [-0.3, -0.25) is 14.5 Å². The summed E-state index contributed by atoms with van der Waals surface area (Å²) in [5.41, 5.74) is 45.5. The zero-order valence-electron chi connectivity index (χ0n) is 18.0. The molecule has 0 saturated heterocycles. The van der Waals surface area contributed by atoms with Crippen LogP contribution >= 0.6 is 21.6 Å². The molecule has 0 spiro atoms. The first-order valence-corrected chi connectivity index (χ1v) is 12.7. The van der Waals surface area contributed by atoms with Gasteiger partial charge in [-0.2, -0.15) is 0 Å². The van der Waals surface area contributed by atoms with Crippen molar-refractivity contribution in [3.8, 4) is 0 Å². The number of azide groups is 2. The molecular formula is C16H34N12O2S2. The lowest BCUT2D eigenvalue weighted by Crippen LogP contribution is -2.53. The van der Waals surface area contributed by atoms with Gasteiger partial charge in [0.25, 0.3) is 0 Å². The summed E-state index contributed by atoms with van der Waals surface area (Å²) >= 11 is 0. The van der Waals surface area contributed by atoms with E-state index >= 15 is 0 Å². The molecule has 182 valence electrons. The van der Waals surface area contributed by atoms with E-state index in [4.69, 9.17) is 39.7 Å². The molecule has 0 fully saturated rings. The monoisotopic (exact) mass is 490 g/mol. The minimum absolute atomic E-state index is 0.164. The van der Waals surface area contributed by atoms with E-state index in [-0.39, 0.29) is 19.4 Å². The van der Waals surface area contributed by atoms with Gasteiger partial charge in [0.15, 0.2) is 0 Å². The highest BCUT2D eigenvalue weighted by Crippen LogP contribution is 2.20. The zero-order chi connectivity index (χ0) is 24.4. The second kappa shape index (κ2) is 18.8. The number of nitrogens with zero attached hydrogens (tertiary/aromatic N) is 7. The fraction of sp³-hybridized carbons (Fsp3) is 0.875. The molecule has 0 aliphatic rings. The summed E-state index contributed by atoms with van der Waals surface area (Å²) in [5.74, 6) is 0.226. The normalized spacial score (nSPS) is 14.4. The third-order valence-electron chi connectivity index (χ3n) is 4.28. The van der Waals surface area contributed by atoms with Crippen LogP contribution in [0.5, 0.6) is 0 Å². The largest absolute Gasteiger partial charge is 0.330 e. The summed E-state index contributed by atoms with van der Waals surface area (Å²) in [5, 5.41) is 6.74. The smallest absolute Gasteiger partial charge is 0.246 e. The second-order valence-corrected chi connectivity index (χ2v) is 9.58. The summed E-state index contributed by atoms with van der Waals surface area (Å²) in [6.45, 7) is 0.697. The molecule has 0 radical (unpaired) electrons. The van der Waals surface area contributed by atoms with Crippen LogP contribution in [0.3, 0.4) is 0 Å². The van der Waals surface area contributed by atoms with Gasteiger partial charge in [0, 0.05) is 34.4 Å². The van der Waals surface area contributed by atoms with Crippen molar-refractivity contribution in [3.05, 3.63) is 20.9 Å². The van der Waals surface area contributed by atoms with Crippen molar-refractivity contribution < 1.29 is 9.59 Å². The summed E-state index contributed by atoms with van der Waals surface area (Å²) in [6.07, 6.45) is 0.831. The number of hydrogen-bond acceptors (Lipinski definition) is 11. The summed E-state index contributed by atoms with van der Waals surface area (Å²) in [7, 11) is 3.05. The van der Waals surface area contributed by atoms with Gasteiger partial charge in [0.2, 0.25) is 11.8 Å². The minimum atomic E-state index is -0.913. The Bertz CT molecular complexity index is 609. The maximum atomic E-state index is 12.9. The van der Waals surface area contributed by atoms with Gasteiger partial charge >= 0.3 is 0 Å². The predicted molar refractivity (Wildman–Crippen MR) is 129 cm³/mol. The van der Waals surface area contributed by atoms with Crippen molar-refractivity contribution >= 4 is 33.4 Å². The fourth-order valence-corrected chi connectivity index (χ4v) is 4.42. The Morgan fingerprint density at radius 1 is 0.812 bits per heavy atom. The molecule has 0 saturated carbocycles. The SMILES string of the molecule is [N-]=[N+]=NC(N)CCCC(N)C(=O)N(CCSSCCN)C(=O)C(N)CCCC(N)N=[N+]=[N-]. The maximum absolute atomic E-state index is 12.9. The van der Waals surface area contributed by atoms with Crippen molar-refractivity contribution in [2.45, 2.75) is 62.9 Å². The molecule has 0 aromatic rings. The van der Waals surface area contributed by atoms with Crippen LogP contribution in [0.25, 0.3) is 20.9 Å². The Balaban J connectivity index is 4.93. The van der Waals surface area contributed by atoms with E-state index in [1.807, 2.05) is 0 Å². The standard InChI is InChI=1S/C16H34N12O2S2/c17-7-9-31-32-10-8-28(15(29)11(18)3-1-5-13(20)24-26-22)16(30)12(19)4-2-6-14(21)25-27-23/h11-14H,1-10,17-21H2. The van der Waals surface area contributed by atoms with Gasteiger partial charge in [0.05, 0.1) is 24.4 Å². The van der Waals surface area contributed by atoms with E-state index < -0.39 is 36.2 Å². The molecule has 0 heterocycles. The van der Waals surface area contributed by atoms with Gasteiger partial charge in [0.1, 0.15) is 0 Å². The highest BCUT2D eigenvalue weighted by molar-refractivity contribution is 8.76. The third-order valence-corrected chi connectivity index (χ3v) is 6.70. The molecule has 4 unspecified atom stereocenters. The first-order valence-electron chi connectivity index (χ1n) is 10.2. The number of imide groups is 1. The first-order chi connectivity index (χ1) is 15.3. The van der Waals surface area contributed by atoms with Gasteiger partial charge in [-0.25, -0.2) is 0 Å². The van der Waals surface area contributed by atoms with Crippen molar-refractivity contribution in [1.82, 2.24) is 4.90 Å². The minimum Gasteiger partial charge on any atom is -0.330 e. The molecule has 4 atom stereocenters. The van der Waals surface area contributed by atoms with E-state index in [1.165, 1.54) is 10.8 Å². The molecule has 16 heteroatoms. The Kier molecular flexibility index (Phi) is 17.8. The zero-order valence-corrected chi connectivity index (χ0v) is 19.7. The number of hydrogen-bond donors (Lipinski definition) is 5. The quantitative estimate of drug-likeness (QED) is 0.0598. The van der Waals surface area contributed by atoms with Crippen LogP contribution in [0.15, 0.2) is 10.2 Å². The van der Waals surface area contributed by atoms with Gasteiger partial charge in [-0.1, -0.05) is 31.8 Å². The number of carbonyl (C=O) groups is 2. The van der Waals surface area contributed by atoms with Crippen LogP contribution in [0, 0.1) is 0 Å². The van der Waals surface area contributed by atoms with Crippen molar-refractivity contribution in [2.24, 2.45) is 38.9 Å². The number of rotatable bonds is 18. The molecule has 0 rings (SSSR count). The average molecular weight is 491 g/mol. The maximum Gasteiger partial charge on any atom is 0.246 e. The third kappa shape index (κ3) is 13.6. The lowest BCUT2D eigenvalue weighted by atomic mass is 10.1. The molecule has 2 amide bonds. The fourth-order valence-electron chi connectivity index (χ4n) is 2.61. The van der Waals surface area contributed by atoms with Crippen molar-refractivity contribution in [2.75, 3.05) is 24.6 Å².